The first-order chi connectivity index (χ1) is 7.88. The maximum atomic E-state index is 4.69. The van der Waals surface area contributed by atoms with Crippen LogP contribution in [0.2, 0.25) is 0 Å². The molecule has 1 aliphatic rings. The minimum Gasteiger partial charge on any atom is -0.362 e. The number of anilines is 1. The van der Waals surface area contributed by atoms with E-state index in [9.17, 15) is 0 Å². The van der Waals surface area contributed by atoms with Crippen LogP contribution in [0.25, 0.3) is 11.3 Å². The van der Waals surface area contributed by atoms with Gasteiger partial charge in [-0.2, -0.15) is 0 Å². The van der Waals surface area contributed by atoms with Crippen molar-refractivity contribution in [2.45, 2.75) is 19.8 Å². The number of hydrogen-bond acceptors (Lipinski definition) is 3. The molecule has 3 rings (SSSR count). The average molecular weight is 230 g/mol. The van der Waals surface area contributed by atoms with Crippen molar-refractivity contribution in [3.63, 3.8) is 0 Å². The Morgan fingerprint density at radius 2 is 2.19 bits per heavy atom. The summed E-state index contributed by atoms with van der Waals surface area (Å²) in [6.07, 6.45) is 2.28. The van der Waals surface area contributed by atoms with Crippen LogP contribution >= 0.6 is 11.3 Å². The Morgan fingerprint density at radius 1 is 1.31 bits per heavy atom. The Morgan fingerprint density at radius 3 is 3.06 bits per heavy atom. The van der Waals surface area contributed by atoms with Gasteiger partial charge < -0.3 is 5.32 Å². The highest BCUT2D eigenvalue weighted by atomic mass is 32.1. The molecule has 1 aliphatic carbocycles. The quantitative estimate of drug-likeness (QED) is 0.856. The number of nitrogens with one attached hydrogen (secondary N) is 1. The highest BCUT2D eigenvalue weighted by Crippen LogP contribution is 2.37. The van der Waals surface area contributed by atoms with Gasteiger partial charge in [-0.25, -0.2) is 4.98 Å². The fraction of sp³-hybridized carbons (Fsp3) is 0.308. The lowest BCUT2D eigenvalue weighted by Gasteiger charge is -2.13. The number of thiazole rings is 1. The van der Waals surface area contributed by atoms with Gasteiger partial charge in [0.2, 0.25) is 0 Å². The number of hydrogen-bond donors (Lipinski definition) is 1. The third kappa shape index (κ3) is 1.52. The molecular weight excluding hydrogens is 216 g/mol. The smallest absolute Gasteiger partial charge is 0.183 e. The lowest BCUT2D eigenvalue weighted by molar-refractivity contribution is 0.955. The Labute approximate surface area is 99.4 Å². The van der Waals surface area contributed by atoms with Gasteiger partial charge in [-0.15, -0.1) is 11.3 Å². The molecule has 1 aromatic heterocycles. The van der Waals surface area contributed by atoms with Crippen molar-refractivity contribution in [3.05, 3.63) is 34.7 Å². The lowest BCUT2D eigenvalue weighted by atomic mass is 9.94. The van der Waals surface area contributed by atoms with Crippen molar-refractivity contribution in [1.29, 1.82) is 0 Å². The lowest BCUT2D eigenvalue weighted by Crippen LogP contribution is -2.01. The van der Waals surface area contributed by atoms with Crippen LogP contribution in [0.5, 0.6) is 0 Å². The number of aromatic nitrogens is 1. The SMILES string of the molecule is CCNc1nc2c(s1)CCc1ccccc1-2. The standard InChI is InChI=1S/C13H14N2S/c1-2-14-13-15-12-10-6-4-3-5-9(10)7-8-11(12)16-13/h3-6H,2,7-8H2,1H3,(H,14,15). The van der Waals surface area contributed by atoms with Gasteiger partial charge in [0.05, 0.1) is 5.69 Å². The zero-order valence-electron chi connectivity index (χ0n) is 9.29. The van der Waals surface area contributed by atoms with Crippen LogP contribution in [-0.4, -0.2) is 11.5 Å². The van der Waals surface area contributed by atoms with E-state index in [-0.39, 0.29) is 0 Å². The number of fused-ring (bicyclic) bond motifs is 3. The van der Waals surface area contributed by atoms with Crippen LogP contribution in [0.1, 0.15) is 17.4 Å². The van der Waals surface area contributed by atoms with E-state index in [0.717, 1.165) is 24.5 Å². The second-order valence-electron chi connectivity index (χ2n) is 3.98. The van der Waals surface area contributed by atoms with E-state index in [2.05, 4.69) is 41.5 Å². The molecule has 0 saturated carbocycles. The molecule has 0 unspecified atom stereocenters. The van der Waals surface area contributed by atoms with Gasteiger partial charge in [0.15, 0.2) is 5.13 Å². The summed E-state index contributed by atoms with van der Waals surface area (Å²) < 4.78 is 0. The van der Waals surface area contributed by atoms with E-state index in [0.29, 0.717) is 0 Å². The average Bonchev–Trinajstić information content (AvgIpc) is 2.72. The Balaban J connectivity index is 2.09. The molecule has 3 heteroatoms. The Bertz CT molecular complexity index is 516. The van der Waals surface area contributed by atoms with E-state index in [4.69, 9.17) is 0 Å². The monoisotopic (exact) mass is 230 g/mol. The van der Waals surface area contributed by atoms with Crippen LogP contribution < -0.4 is 5.32 Å². The van der Waals surface area contributed by atoms with Crippen molar-refractivity contribution in [2.75, 3.05) is 11.9 Å². The summed E-state index contributed by atoms with van der Waals surface area (Å²) >= 11 is 1.80. The molecule has 0 spiro atoms. The van der Waals surface area contributed by atoms with E-state index in [1.54, 1.807) is 11.3 Å². The third-order valence-corrected chi connectivity index (χ3v) is 3.99. The molecule has 0 amide bonds. The van der Waals surface area contributed by atoms with Gasteiger partial charge in [0, 0.05) is 17.0 Å². The summed E-state index contributed by atoms with van der Waals surface area (Å²) in [4.78, 5) is 6.11. The summed E-state index contributed by atoms with van der Waals surface area (Å²) in [6, 6.07) is 8.61. The van der Waals surface area contributed by atoms with Gasteiger partial charge in [0.1, 0.15) is 0 Å². The maximum Gasteiger partial charge on any atom is 0.183 e. The summed E-state index contributed by atoms with van der Waals surface area (Å²) in [7, 11) is 0. The highest BCUT2D eigenvalue weighted by molar-refractivity contribution is 7.16. The summed E-state index contributed by atoms with van der Waals surface area (Å²) in [5.41, 5.74) is 3.95. The predicted molar refractivity (Wildman–Crippen MR) is 69.1 cm³/mol. The van der Waals surface area contributed by atoms with Crippen molar-refractivity contribution < 1.29 is 0 Å². The molecule has 0 radical (unpaired) electrons. The first kappa shape index (κ1) is 9.85. The molecule has 1 N–H and O–H groups in total. The molecular formula is C13H14N2S. The molecule has 0 aliphatic heterocycles. The van der Waals surface area contributed by atoms with Gasteiger partial charge in [-0.05, 0) is 25.3 Å². The molecule has 1 heterocycles. The van der Waals surface area contributed by atoms with E-state index >= 15 is 0 Å². The summed E-state index contributed by atoms with van der Waals surface area (Å²) in [5.74, 6) is 0. The minimum absolute atomic E-state index is 0.939. The van der Waals surface area contributed by atoms with E-state index in [1.807, 2.05) is 0 Å². The number of aryl methyl sites for hydroxylation is 2. The first-order valence-corrected chi connectivity index (χ1v) is 6.52. The summed E-state index contributed by atoms with van der Waals surface area (Å²) in [6.45, 7) is 3.04. The fourth-order valence-corrected chi connectivity index (χ4v) is 3.22. The molecule has 16 heavy (non-hydrogen) atoms. The number of nitrogens with zero attached hydrogens (tertiary/aromatic N) is 1. The second kappa shape index (κ2) is 3.91. The molecule has 2 nitrogen and oxygen atoms in total. The van der Waals surface area contributed by atoms with E-state index in [1.165, 1.54) is 21.7 Å². The first-order valence-electron chi connectivity index (χ1n) is 5.70. The maximum absolute atomic E-state index is 4.69. The molecule has 0 fully saturated rings. The number of benzene rings is 1. The minimum atomic E-state index is 0.939. The van der Waals surface area contributed by atoms with Gasteiger partial charge in [-0.1, -0.05) is 24.3 Å². The largest absolute Gasteiger partial charge is 0.362 e. The van der Waals surface area contributed by atoms with Crippen LogP contribution in [0, 0.1) is 0 Å². The predicted octanol–water partition coefficient (Wildman–Crippen LogP) is 3.34. The van der Waals surface area contributed by atoms with E-state index < -0.39 is 0 Å². The van der Waals surface area contributed by atoms with Crippen LogP contribution in [0.15, 0.2) is 24.3 Å². The number of rotatable bonds is 2. The fourth-order valence-electron chi connectivity index (χ4n) is 2.18. The third-order valence-electron chi connectivity index (χ3n) is 2.92. The topological polar surface area (TPSA) is 24.9 Å². The zero-order chi connectivity index (χ0) is 11.0. The summed E-state index contributed by atoms with van der Waals surface area (Å²) in [5, 5.41) is 4.36. The molecule has 0 bridgehead atoms. The molecule has 1 aromatic carbocycles. The molecule has 0 saturated heterocycles. The highest BCUT2D eigenvalue weighted by Gasteiger charge is 2.19. The molecule has 0 atom stereocenters. The van der Waals surface area contributed by atoms with Gasteiger partial charge in [0.25, 0.3) is 0 Å². The zero-order valence-corrected chi connectivity index (χ0v) is 10.1. The Hall–Kier alpha value is -1.35. The van der Waals surface area contributed by atoms with Crippen molar-refractivity contribution in [3.8, 4) is 11.3 Å². The Kier molecular flexibility index (Phi) is 2.40. The van der Waals surface area contributed by atoms with Crippen LogP contribution in [0.3, 0.4) is 0 Å². The normalized spacial score (nSPS) is 13.1. The molecule has 2 aromatic rings. The molecule has 82 valence electrons. The second-order valence-corrected chi connectivity index (χ2v) is 5.06. The van der Waals surface area contributed by atoms with Gasteiger partial charge >= 0.3 is 0 Å². The van der Waals surface area contributed by atoms with Crippen molar-refractivity contribution in [2.24, 2.45) is 0 Å². The van der Waals surface area contributed by atoms with Gasteiger partial charge in [-0.3, -0.25) is 0 Å². The van der Waals surface area contributed by atoms with Crippen molar-refractivity contribution >= 4 is 16.5 Å². The van der Waals surface area contributed by atoms with Crippen LogP contribution in [-0.2, 0) is 12.8 Å². The van der Waals surface area contributed by atoms with Crippen molar-refractivity contribution in [1.82, 2.24) is 4.98 Å². The van der Waals surface area contributed by atoms with Crippen LogP contribution in [0.4, 0.5) is 5.13 Å².